The first kappa shape index (κ1) is 13.9. The van der Waals surface area contributed by atoms with E-state index in [9.17, 15) is 14.4 Å². The number of fused-ring (bicyclic) bond motifs is 1. The molecule has 0 radical (unpaired) electrons. The fourth-order valence-electron chi connectivity index (χ4n) is 2.20. The van der Waals surface area contributed by atoms with E-state index in [1.54, 1.807) is 30.5 Å². The maximum atomic E-state index is 12.1. The quantitative estimate of drug-likeness (QED) is 0.830. The van der Waals surface area contributed by atoms with E-state index in [0.717, 1.165) is 4.90 Å². The fourth-order valence-corrected chi connectivity index (χ4v) is 2.20. The maximum Gasteiger partial charge on any atom is 0.280 e. The summed E-state index contributed by atoms with van der Waals surface area (Å²) in [5.41, 5.74) is 0.878. The minimum Gasteiger partial charge on any atom is -0.350 e. The highest BCUT2D eigenvalue weighted by Gasteiger charge is 2.36. The summed E-state index contributed by atoms with van der Waals surface area (Å²) < 4.78 is 0. The van der Waals surface area contributed by atoms with E-state index in [0.29, 0.717) is 11.1 Å². The van der Waals surface area contributed by atoms with Gasteiger partial charge in [0.05, 0.1) is 11.1 Å². The molecule has 7 nitrogen and oxygen atoms in total. The predicted octanol–water partition coefficient (Wildman–Crippen LogP) is 0.503. The largest absolute Gasteiger partial charge is 0.350 e. The van der Waals surface area contributed by atoms with Crippen molar-refractivity contribution in [2.45, 2.75) is 0 Å². The molecule has 0 spiro atoms. The van der Waals surface area contributed by atoms with Gasteiger partial charge in [-0.15, -0.1) is 0 Å². The third kappa shape index (κ3) is 2.44. The highest BCUT2D eigenvalue weighted by molar-refractivity contribution is 6.20. The fraction of sp³-hybridized carbons (Fsp3) is 0.133. The van der Waals surface area contributed by atoms with Crippen molar-refractivity contribution in [1.29, 1.82) is 0 Å². The first-order valence-corrected chi connectivity index (χ1v) is 6.68. The van der Waals surface area contributed by atoms with E-state index in [2.05, 4.69) is 15.3 Å². The molecule has 0 saturated heterocycles. The van der Waals surface area contributed by atoms with Gasteiger partial charge in [-0.2, -0.15) is 0 Å². The first-order valence-electron chi connectivity index (χ1n) is 6.68. The van der Waals surface area contributed by atoms with E-state index >= 15 is 0 Å². The van der Waals surface area contributed by atoms with Crippen molar-refractivity contribution in [3.63, 3.8) is 0 Å². The maximum absolute atomic E-state index is 12.1. The van der Waals surface area contributed by atoms with Crippen molar-refractivity contribution < 1.29 is 14.4 Å². The Bertz CT molecular complexity index is 710. The molecule has 0 saturated carbocycles. The zero-order valence-electron chi connectivity index (χ0n) is 11.5. The Morgan fingerprint density at radius 1 is 1.14 bits per heavy atom. The van der Waals surface area contributed by atoms with E-state index in [1.807, 2.05) is 0 Å². The van der Waals surface area contributed by atoms with Gasteiger partial charge in [-0.1, -0.05) is 0 Å². The molecule has 2 aromatic rings. The summed E-state index contributed by atoms with van der Waals surface area (Å²) in [6.07, 6.45) is 4.49. The number of nitrogens with zero attached hydrogens (tertiary/aromatic N) is 3. The van der Waals surface area contributed by atoms with Gasteiger partial charge in [-0.25, -0.2) is 0 Å². The Morgan fingerprint density at radius 2 is 1.95 bits per heavy atom. The minimum atomic E-state index is -0.434. The summed E-state index contributed by atoms with van der Waals surface area (Å²) >= 11 is 0. The smallest absolute Gasteiger partial charge is 0.280 e. The van der Waals surface area contributed by atoms with Crippen LogP contribution in [0.5, 0.6) is 0 Å². The van der Waals surface area contributed by atoms with Gasteiger partial charge in [0.2, 0.25) is 0 Å². The van der Waals surface area contributed by atoms with Crippen LogP contribution in [0.1, 0.15) is 31.2 Å². The molecule has 1 aliphatic heterocycles. The molecule has 3 heterocycles. The van der Waals surface area contributed by atoms with Gasteiger partial charge in [0.15, 0.2) is 0 Å². The van der Waals surface area contributed by atoms with Crippen LogP contribution in [0, 0.1) is 0 Å². The van der Waals surface area contributed by atoms with E-state index < -0.39 is 5.91 Å². The SMILES string of the molecule is O=C(NCCN1C(=O)c2cccnc2C1=O)c1cccnc1. The molecular weight excluding hydrogens is 284 g/mol. The van der Waals surface area contributed by atoms with E-state index in [4.69, 9.17) is 0 Å². The third-order valence-electron chi connectivity index (χ3n) is 3.28. The normalized spacial score (nSPS) is 13.2. The number of carbonyl (C=O) groups excluding carboxylic acids is 3. The Morgan fingerprint density at radius 3 is 2.68 bits per heavy atom. The minimum absolute atomic E-state index is 0.0973. The number of rotatable bonds is 4. The number of pyridine rings is 2. The molecule has 1 N–H and O–H groups in total. The molecular formula is C15H12N4O3. The Hall–Kier alpha value is -3.09. The van der Waals surface area contributed by atoms with Crippen LogP contribution in [0.15, 0.2) is 42.9 Å². The highest BCUT2D eigenvalue weighted by Crippen LogP contribution is 2.19. The number of hydrogen-bond acceptors (Lipinski definition) is 5. The zero-order valence-corrected chi connectivity index (χ0v) is 11.5. The van der Waals surface area contributed by atoms with Crippen LogP contribution in [0.25, 0.3) is 0 Å². The summed E-state index contributed by atoms with van der Waals surface area (Å²) in [7, 11) is 0. The molecule has 2 aromatic heterocycles. The number of nitrogens with one attached hydrogen (secondary N) is 1. The van der Waals surface area contributed by atoms with Crippen LogP contribution in [0.4, 0.5) is 0 Å². The van der Waals surface area contributed by atoms with Crippen LogP contribution < -0.4 is 5.32 Å². The van der Waals surface area contributed by atoms with Crippen LogP contribution >= 0.6 is 0 Å². The number of aromatic nitrogens is 2. The molecule has 3 rings (SSSR count). The second-order valence-electron chi connectivity index (χ2n) is 4.66. The Balaban J connectivity index is 1.61. The average molecular weight is 296 g/mol. The molecule has 0 aliphatic carbocycles. The van der Waals surface area contributed by atoms with Crippen molar-refractivity contribution in [2.24, 2.45) is 0 Å². The molecule has 0 aromatic carbocycles. The van der Waals surface area contributed by atoms with Crippen molar-refractivity contribution in [1.82, 2.24) is 20.2 Å². The van der Waals surface area contributed by atoms with Crippen LogP contribution in [-0.2, 0) is 0 Å². The third-order valence-corrected chi connectivity index (χ3v) is 3.28. The van der Waals surface area contributed by atoms with Crippen LogP contribution in [-0.4, -0.2) is 45.7 Å². The highest BCUT2D eigenvalue weighted by atomic mass is 16.2. The summed E-state index contributed by atoms with van der Waals surface area (Å²) in [4.78, 5) is 44.9. The number of amides is 3. The molecule has 0 atom stereocenters. The van der Waals surface area contributed by atoms with Gasteiger partial charge in [0, 0.05) is 31.7 Å². The number of imide groups is 1. The molecule has 110 valence electrons. The molecule has 0 bridgehead atoms. The summed E-state index contributed by atoms with van der Waals surface area (Å²) in [5.74, 6) is -1.12. The predicted molar refractivity (Wildman–Crippen MR) is 76.2 cm³/mol. The lowest BCUT2D eigenvalue weighted by atomic mass is 10.2. The molecule has 22 heavy (non-hydrogen) atoms. The lowest BCUT2D eigenvalue weighted by Gasteiger charge is -2.13. The van der Waals surface area contributed by atoms with Crippen molar-refractivity contribution in [3.05, 3.63) is 59.7 Å². The number of hydrogen-bond donors (Lipinski definition) is 1. The summed E-state index contributed by atoms with van der Waals surface area (Å²) in [5, 5.41) is 2.65. The molecule has 0 fully saturated rings. The first-order chi connectivity index (χ1) is 10.7. The molecule has 0 unspecified atom stereocenters. The van der Waals surface area contributed by atoms with Crippen LogP contribution in [0.2, 0.25) is 0 Å². The standard InChI is InChI=1S/C15H12N4O3/c20-13(10-3-1-5-16-9-10)18-7-8-19-14(21)11-4-2-6-17-12(11)15(19)22/h1-6,9H,7-8H2,(H,18,20). The van der Waals surface area contributed by atoms with Gasteiger partial charge in [-0.05, 0) is 24.3 Å². The Labute approximate surface area is 126 Å². The van der Waals surface area contributed by atoms with Crippen molar-refractivity contribution in [2.75, 3.05) is 13.1 Å². The topological polar surface area (TPSA) is 92.3 Å². The summed E-state index contributed by atoms with van der Waals surface area (Å²) in [6, 6.07) is 6.47. The van der Waals surface area contributed by atoms with E-state index in [-0.39, 0.29) is 30.6 Å². The lowest BCUT2D eigenvalue weighted by Crippen LogP contribution is -2.38. The number of carbonyl (C=O) groups is 3. The average Bonchev–Trinajstić information content (AvgIpc) is 2.81. The molecule has 3 amide bonds. The monoisotopic (exact) mass is 296 g/mol. The summed E-state index contributed by atoms with van der Waals surface area (Å²) in [6.45, 7) is 0.263. The second kappa shape index (κ2) is 5.72. The molecule has 7 heteroatoms. The van der Waals surface area contributed by atoms with Gasteiger partial charge in [-0.3, -0.25) is 29.3 Å². The van der Waals surface area contributed by atoms with Crippen LogP contribution in [0.3, 0.4) is 0 Å². The second-order valence-corrected chi connectivity index (χ2v) is 4.66. The van der Waals surface area contributed by atoms with Crippen molar-refractivity contribution >= 4 is 17.7 Å². The van der Waals surface area contributed by atoms with Crippen molar-refractivity contribution in [3.8, 4) is 0 Å². The van der Waals surface area contributed by atoms with Gasteiger partial charge in [0.25, 0.3) is 17.7 Å². The van der Waals surface area contributed by atoms with E-state index in [1.165, 1.54) is 12.4 Å². The van der Waals surface area contributed by atoms with Gasteiger partial charge < -0.3 is 5.32 Å². The Kier molecular flexibility index (Phi) is 3.61. The van der Waals surface area contributed by atoms with Gasteiger partial charge >= 0.3 is 0 Å². The lowest BCUT2D eigenvalue weighted by molar-refractivity contribution is 0.0648. The molecule has 1 aliphatic rings. The van der Waals surface area contributed by atoms with Gasteiger partial charge in [0.1, 0.15) is 5.69 Å². The zero-order chi connectivity index (χ0) is 15.5.